The number of sulfonamides is 1. The number of hydrogen-bond acceptors (Lipinski definition) is 3. The average Bonchev–Trinajstić information content (AvgIpc) is 2.39. The van der Waals surface area contributed by atoms with Gasteiger partial charge >= 0.3 is 0 Å². The lowest BCUT2D eigenvalue weighted by Gasteiger charge is -2.15. The lowest BCUT2D eigenvalue weighted by atomic mass is 10.0. The number of halogens is 1. The number of rotatable bonds is 4. The largest absolute Gasteiger partial charge is 0.492 e. The van der Waals surface area contributed by atoms with Crippen LogP contribution in [0.25, 0.3) is 11.1 Å². The van der Waals surface area contributed by atoms with E-state index in [9.17, 15) is 12.8 Å². The number of primary sulfonamides is 1. The molecule has 0 aliphatic heterocycles. The fourth-order valence-electron chi connectivity index (χ4n) is 1.93. The minimum absolute atomic E-state index is 0.0544. The van der Waals surface area contributed by atoms with E-state index in [0.29, 0.717) is 5.56 Å². The van der Waals surface area contributed by atoms with E-state index in [1.807, 2.05) is 0 Å². The van der Waals surface area contributed by atoms with Crippen LogP contribution >= 0.6 is 0 Å². The smallest absolute Gasteiger partial charge is 0.241 e. The Balaban J connectivity index is 2.79. The maximum Gasteiger partial charge on any atom is 0.241 e. The van der Waals surface area contributed by atoms with Crippen LogP contribution in [0.1, 0.15) is 6.92 Å². The highest BCUT2D eigenvalue weighted by Crippen LogP contribution is 2.37. The van der Waals surface area contributed by atoms with Crippen molar-refractivity contribution in [1.82, 2.24) is 0 Å². The Hall–Kier alpha value is -1.92. The molecule has 0 heterocycles. The van der Waals surface area contributed by atoms with Crippen molar-refractivity contribution in [3.05, 3.63) is 48.3 Å². The number of benzene rings is 2. The maximum atomic E-state index is 14.1. The first-order valence-electron chi connectivity index (χ1n) is 5.98. The van der Waals surface area contributed by atoms with Crippen molar-refractivity contribution in [2.45, 2.75) is 11.8 Å². The molecule has 0 spiro atoms. The summed E-state index contributed by atoms with van der Waals surface area (Å²) in [4.78, 5) is -0.223. The van der Waals surface area contributed by atoms with Crippen LogP contribution in [0.2, 0.25) is 0 Å². The summed E-state index contributed by atoms with van der Waals surface area (Å²) < 4.78 is 42.6. The predicted molar refractivity (Wildman–Crippen MR) is 74.4 cm³/mol. The third kappa shape index (κ3) is 2.81. The summed E-state index contributed by atoms with van der Waals surface area (Å²) in [6, 6.07) is 10.8. The first kappa shape index (κ1) is 14.5. The van der Waals surface area contributed by atoms with E-state index in [2.05, 4.69) is 0 Å². The van der Waals surface area contributed by atoms with E-state index in [1.54, 1.807) is 37.3 Å². The topological polar surface area (TPSA) is 69.4 Å². The van der Waals surface area contributed by atoms with E-state index in [0.717, 1.165) is 12.1 Å². The number of nitrogens with two attached hydrogens (primary N) is 1. The second-order valence-corrected chi connectivity index (χ2v) is 5.62. The number of hydrogen-bond donors (Lipinski definition) is 1. The molecule has 0 atom stereocenters. The minimum atomic E-state index is -3.99. The Morgan fingerprint density at radius 1 is 1.15 bits per heavy atom. The van der Waals surface area contributed by atoms with Crippen LogP contribution in [0, 0.1) is 5.82 Å². The molecule has 0 unspecified atom stereocenters. The van der Waals surface area contributed by atoms with Gasteiger partial charge in [-0.25, -0.2) is 17.9 Å². The first-order chi connectivity index (χ1) is 9.45. The van der Waals surface area contributed by atoms with Gasteiger partial charge in [0.2, 0.25) is 10.0 Å². The summed E-state index contributed by atoms with van der Waals surface area (Å²) in [6.45, 7) is 1.89. The highest BCUT2D eigenvalue weighted by atomic mass is 32.2. The lowest BCUT2D eigenvalue weighted by molar-refractivity contribution is 0.331. The molecular formula is C14H14FNO3S. The molecule has 2 aromatic carbocycles. The van der Waals surface area contributed by atoms with Gasteiger partial charge in [0.1, 0.15) is 16.5 Å². The van der Waals surface area contributed by atoms with Crippen LogP contribution in [-0.2, 0) is 10.0 Å². The molecule has 2 rings (SSSR count). The SMILES string of the molecule is CCOc1c(S(N)(=O)=O)ccc(F)c1-c1ccccc1. The molecule has 20 heavy (non-hydrogen) atoms. The van der Waals surface area contributed by atoms with Gasteiger partial charge < -0.3 is 4.74 Å². The zero-order valence-corrected chi connectivity index (χ0v) is 11.7. The van der Waals surface area contributed by atoms with E-state index in [1.165, 1.54) is 0 Å². The lowest BCUT2D eigenvalue weighted by Crippen LogP contribution is -2.15. The summed E-state index contributed by atoms with van der Waals surface area (Å²) >= 11 is 0. The molecule has 0 fully saturated rings. The quantitative estimate of drug-likeness (QED) is 0.942. The van der Waals surface area contributed by atoms with Crippen LogP contribution in [0.3, 0.4) is 0 Å². The molecule has 2 aromatic rings. The Bertz CT molecular complexity index is 715. The Labute approximate surface area is 117 Å². The summed E-state index contributed by atoms with van der Waals surface area (Å²) in [5, 5.41) is 5.15. The van der Waals surface area contributed by atoms with Crippen molar-refractivity contribution >= 4 is 10.0 Å². The van der Waals surface area contributed by atoms with Gasteiger partial charge in [0, 0.05) is 0 Å². The van der Waals surface area contributed by atoms with Gasteiger partial charge in [-0.3, -0.25) is 0 Å². The van der Waals surface area contributed by atoms with Crippen molar-refractivity contribution in [2.75, 3.05) is 6.61 Å². The Kier molecular flexibility index (Phi) is 4.06. The fraction of sp³-hybridized carbons (Fsp3) is 0.143. The average molecular weight is 295 g/mol. The molecule has 0 aliphatic carbocycles. The summed E-state index contributed by atoms with van der Waals surface area (Å²) in [5.41, 5.74) is 0.623. The normalized spacial score (nSPS) is 11.3. The molecular weight excluding hydrogens is 281 g/mol. The molecule has 0 saturated carbocycles. The van der Waals surface area contributed by atoms with Crippen molar-refractivity contribution in [2.24, 2.45) is 5.14 Å². The van der Waals surface area contributed by atoms with E-state index in [4.69, 9.17) is 9.88 Å². The zero-order valence-electron chi connectivity index (χ0n) is 10.8. The highest BCUT2D eigenvalue weighted by Gasteiger charge is 2.22. The third-order valence-corrected chi connectivity index (χ3v) is 3.66. The van der Waals surface area contributed by atoms with E-state index >= 15 is 0 Å². The van der Waals surface area contributed by atoms with Crippen LogP contribution in [0.5, 0.6) is 5.75 Å². The third-order valence-electron chi connectivity index (χ3n) is 2.73. The van der Waals surface area contributed by atoms with Crippen LogP contribution in [-0.4, -0.2) is 15.0 Å². The summed E-state index contributed by atoms with van der Waals surface area (Å²) in [5.74, 6) is -0.617. The molecule has 0 saturated heterocycles. The van der Waals surface area contributed by atoms with Crippen LogP contribution in [0.15, 0.2) is 47.4 Å². The molecule has 6 heteroatoms. The fourth-order valence-corrected chi connectivity index (χ4v) is 2.60. The standard InChI is InChI=1S/C14H14FNO3S/c1-2-19-14-12(20(16,17)18)9-8-11(15)13(14)10-6-4-3-5-7-10/h3-9H,2H2,1H3,(H2,16,17,18). The second-order valence-electron chi connectivity index (χ2n) is 4.09. The van der Waals surface area contributed by atoms with Gasteiger partial charge in [0.05, 0.1) is 12.2 Å². The summed E-state index contributed by atoms with van der Waals surface area (Å²) in [6.07, 6.45) is 0. The second kappa shape index (κ2) is 5.60. The minimum Gasteiger partial charge on any atom is -0.492 e. The number of ether oxygens (including phenoxy) is 1. The van der Waals surface area contributed by atoms with Gasteiger partial charge in [-0.05, 0) is 24.6 Å². The zero-order chi connectivity index (χ0) is 14.8. The van der Waals surface area contributed by atoms with Gasteiger partial charge in [0.15, 0.2) is 0 Å². The van der Waals surface area contributed by atoms with Gasteiger partial charge in [-0.2, -0.15) is 0 Å². The van der Waals surface area contributed by atoms with Crippen molar-refractivity contribution in [1.29, 1.82) is 0 Å². The van der Waals surface area contributed by atoms with Crippen molar-refractivity contribution < 1.29 is 17.5 Å². The van der Waals surface area contributed by atoms with Crippen molar-refractivity contribution in [3.8, 4) is 16.9 Å². The summed E-state index contributed by atoms with van der Waals surface area (Å²) in [7, 11) is -3.99. The maximum absolute atomic E-state index is 14.1. The highest BCUT2D eigenvalue weighted by molar-refractivity contribution is 7.89. The van der Waals surface area contributed by atoms with E-state index < -0.39 is 15.8 Å². The molecule has 0 aliphatic rings. The van der Waals surface area contributed by atoms with Gasteiger partial charge in [-0.15, -0.1) is 0 Å². The molecule has 2 N–H and O–H groups in total. The first-order valence-corrected chi connectivity index (χ1v) is 7.53. The Morgan fingerprint density at radius 2 is 1.80 bits per heavy atom. The molecule has 106 valence electrons. The monoisotopic (exact) mass is 295 g/mol. The van der Waals surface area contributed by atoms with Crippen molar-refractivity contribution in [3.63, 3.8) is 0 Å². The Morgan fingerprint density at radius 3 is 2.35 bits per heavy atom. The molecule has 0 radical (unpaired) electrons. The van der Waals surface area contributed by atoms with Gasteiger partial charge in [0.25, 0.3) is 0 Å². The predicted octanol–water partition coefficient (Wildman–Crippen LogP) is 2.54. The van der Waals surface area contributed by atoms with Crippen LogP contribution in [0.4, 0.5) is 4.39 Å². The molecule has 0 aromatic heterocycles. The van der Waals surface area contributed by atoms with Crippen LogP contribution < -0.4 is 9.88 Å². The molecule has 4 nitrogen and oxygen atoms in total. The van der Waals surface area contributed by atoms with Gasteiger partial charge in [-0.1, -0.05) is 30.3 Å². The molecule has 0 amide bonds. The molecule has 0 bridgehead atoms. The van der Waals surface area contributed by atoms with E-state index in [-0.39, 0.29) is 22.8 Å².